The molecule has 0 spiro atoms. The van der Waals surface area contributed by atoms with E-state index < -0.39 is 0 Å². The van der Waals surface area contributed by atoms with Crippen LogP contribution in [0.2, 0.25) is 4.31 Å². The molecule has 0 N–H and O–H groups in total. The van der Waals surface area contributed by atoms with Crippen molar-refractivity contribution in [3.63, 3.8) is 0 Å². The standard InChI is InChI=1S/C30H35BO3Se/c1-27(2)28(3,4)34-31(33-27)30(24-16-18-25(32-5)19-17-24)22-29(30,35-26-14-10-7-11-15-26)21-20-23-12-8-6-9-13-23/h6-19H,20-22H2,1-5H3/t29-,30-/m1/s1. The first-order chi connectivity index (χ1) is 16.7. The zero-order chi connectivity index (χ0) is 24.7. The van der Waals surface area contributed by atoms with Gasteiger partial charge in [0.05, 0.1) is 0 Å². The average molecular weight is 533 g/mol. The summed E-state index contributed by atoms with van der Waals surface area (Å²) in [6.45, 7) is 8.63. The molecule has 3 aromatic rings. The molecular weight excluding hydrogens is 498 g/mol. The molecule has 2 fully saturated rings. The summed E-state index contributed by atoms with van der Waals surface area (Å²) in [6.07, 6.45) is 3.21. The van der Waals surface area contributed by atoms with Gasteiger partial charge in [-0.2, -0.15) is 0 Å². The molecule has 2 aliphatic rings. The fourth-order valence-electron chi connectivity index (χ4n) is 5.33. The van der Waals surface area contributed by atoms with Crippen molar-refractivity contribution in [3.05, 3.63) is 96.1 Å². The maximum absolute atomic E-state index is 6.80. The summed E-state index contributed by atoms with van der Waals surface area (Å²) in [7, 11) is 1.43. The van der Waals surface area contributed by atoms with Crippen LogP contribution in [0.5, 0.6) is 5.75 Å². The van der Waals surface area contributed by atoms with Gasteiger partial charge >= 0.3 is 217 Å². The normalized spacial score (nSPS) is 26.5. The van der Waals surface area contributed by atoms with Crippen LogP contribution in [0.4, 0.5) is 0 Å². The Morgan fingerprint density at radius 1 is 0.800 bits per heavy atom. The van der Waals surface area contributed by atoms with Gasteiger partial charge in [-0.05, 0) is 0 Å². The fraction of sp³-hybridized carbons (Fsp3) is 0.400. The van der Waals surface area contributed by atoms with E-state index in [1.165, 1.54) is 15.6 Å². The third-order valence-electron chi connectivity index (χ3n) is 8.23. The summed E-state index contributed by atoms with van der Waals surface area (Å²) in [5.41, 5.74) is 1.94. The molecule has 3 nitrogen and oxygen atoms in total. The number of aryl methyl sites for hydroxylation is 1. The Labute approximate surface area is 216 Å². The SMILES string of the molecule is COc1ccc([C@]2(B3OC(C)(C)C(C)(C)O3)C[C@@]2(CCc2ccccc2)[Se]c2ccccc2)cc1. The van der Waals surface area contributed by atoms with E-state index in [0.717, 1.165) is 25.0 Å². The number of ether oxygens (including phenoxy) is 1. The van der Waals surface area contributed by atoms with Gasteiger partial charge in [-0.3, -0.25) is 0 Å². The van der Waals surface area contributed by atoms with Crippen LogP contribution in [-0.4, -0.2) is 40.4 Å². The Bertz CT molecular complexity index is 1130. The second-order valence-corrected chi connectivity index (χ2v) is 13.9. The van der Waals surface area contributed by atoms with Gasteiger partial charge in [-0.25, -0.2) is 0 Å². The van der Waals surface area contributed by atoms with Crippen molar-refractivity contribution < 1.29 is 14.0 Å². The Kier molecular flexibility index (Phi) is 6.42. The first kappa shape index (κ1) is 24.6. The van der Waals surface area contributed by atoms with Gasteiger partial charge in [-0.15, -0.1) is 0 Å². The number of hydrogen-bond donors (Lipinski definition) is 0. The first-order valence-corrected chi connectivity index (χ1v) is 14.2. The minimum atomic E-state index is -0.370. The predicted octanol–water partition coefficient (Wildman–Crippen LogP) is 5.79. The second kappa shape index (κ2) is 9.12. The molecule has 1 heterocycles. The van der Waals surface area contributed by atoms with E-state index in [1.807, 2.05) is 0 Å². The monoisotopic (exact) mass is 534 g/mol. The molecule has 1 aliphatic carbocycles. The summed E-state index contributed by atoms with van der Waals surface area (Å²) in [6, 6.07) is 30.5. The molecule has 0 unspecified atom stereocenters. The van der Waals surface area contributed by atoms with Crippen molar-refractivity contribution in [2.24, 2.45) is 0 Å². The predicted molar refractivity (Wildman–Crippen MR) is 145 cm³/mol. The van der Waals surface area contributed by atoms with E-state index in [9.17, 15) is 0 Å². The Morgan fingerprint density at radius 3 is 1.94 bits per heavy atom. The van der Waals surface area contributed by atoms with Crippen molar-refractivity contribution in [1.82, 2.24) is 0 Å². The Morgan fingerprint density at radius 2 is 1.37 bits per heavy atom. The quantitative estimate of drug-likeness (QED) is 0.344. The fourth-order valence-corrected chi connectivity index (χ4v) is 8.78. The molecule has 0 aromatic heterocycles. The van der Waals surface area contributed by atoms with Crippen LogP contribution in [0.15, 0.2) is 84.9 Å². The van der Waals surface area contributed by atoms with Crippen LogP contribution in [0.3, 0.4) is 0 Å². The zero-order valence-electron chi connectivity index (χ0n) is 21.4. The van der Waals surface area contributed by atoms with Crippen LogP contribution >= 0.6 is 0 Å². The van der Waals surface area contributed by atoms with Crippen molar-refractivity contribution >= 4 is 26.5 Å². The van der Waals surface area contributed by atoms with Crippen LogP contribution < -0.4 is 9.20 Å². The summed E-state index contributed by atoms with van der Waals surface area (Å²) < 4.78 is 20.6. The van der Waals surface area contributed by atoms with Gasteiger partial charge in [-0.1, -0.05) is 0 Å². The topological polar surface area (TPSA) is 27.7 Å². The minimum absolute atomic E-state index is 0.0902. The molecule has 0 bridgehead atoms. The van der Waals surface area contributed by atoms with Gasteiger partial charge < -0.3 is 0 Å². The zero-order valence-corrected chi connectivity index (χ0v) is 23.1. The molecule has 0 radical (unpaired) electrons. The molecule has 2 atom stereocenters. The third kappa shape index (κ3) is 4.38. The number of methoxy groups -OCH3 is 1. The molecule has 1 aliphatic heterocycles. The van der Waals surface area contributed by atoms with E-state index in [-0.39, 0.29) is 42.9 Å². The van der Waals surface area contributed by atoms with Gasteiger partial charge in [0, 0.05) is 0 Å². The molecule has 182 valence electrons. The average Bonchev–Trinajstić information content (AvgIpc) is 3.45. The maximum atomic E-state index is 6.80. The summed E-state index contributed by atoms with van der Waals surface area (Å²) >= 11 is 0.257. The molecular formula is C30H35BO3Se. The van der Waals surface area contributed by atoms with E-state index in [0.29, 0.717) is 0 Å². The molecule has 1 saturated heterocycles. The van der Waals surface area contributed by atoms with E-state index >= 15 is 0 Å². The molecule has 1 saturated carbocycles. The summed E-state index contributed by atoms with van der Waals surface area (Å²) in [5, 5.41) is -0.199. The second-order valence-electron chi connectivity index (χ2n) is 10.9. The van der Waals surface area contributed by atoms with Gasteiger partial charge in [0.15, 0.2) is 0 Å². The summed E-state index contributed by atoms with van der Waals surface area (Å²) in [5.74, 6) is 0.877. The van der Waals surface area contributed by atoms with Crippen molar-refractivity contribution in [2.45, 2.75) is 67.8 Å². The Hall–Kier alpha value is -2.04. The van der Waals surface area contributed by atoms with Crippen LogP contribution in [0.25, 0.3) is 0 Å². The first-order valence-electron chi connectivity index (χ1n) is 12.5. The van der Waals surface area contributed by atoms with Gasteiger partial charge in [0.2, 0.25) is 0 Å². The molecule has 3 aromatic carbocycles. The number of benzene rings is 3. The van der Waals surface area contributed by atoms with Crippen molar-refractivity contribution in [2.75, 3.05) is 7.11 Å². The Balaban J connectivity index is 1.58. The van der Waals surface area contributed by atoms with Crippen molar-refractivity contribution in [1.29, 1.82) is 0 Å². The molecule has 5 rings (SSSR count). The number of rotatable bonds is 8. The van der Waals surface area contributed by atoms with Crippen LogP contribution in [-0.2, 0) is 21.0 Å². The van der Waals surface area contributed by atoms with Gasteiger partial charge in [0.1, 0.15) is 0 Å². The van der Waals surface area contributed by atoms with E-state index in [1.54, 1.807) is 7.11 Å². The molecule has 0 amide bonds. The van der Waals surface area contributed by atoms with Gasteiger partial charge in [0.25, 0.3) is 0 Å². The molecule has 5 heteroatoms. The van der Waals surface area contributed by atoms with Crippen molar-refractivity contribution in [3.8, 4) is 5.75 Å². The van der Waals surface area contributed by atoms with E-state index in [2.05, 4.69) is 113 Å². The number of hydrogen-bond acceptors (Lipinski definition) is 3. The van der Waals surface area contributed by atoms with E-state index in [4.69, 9.17) is 14.0 Å². The third-order valence-corrected chi connectivity index (χ3v) is 11.6. The molecule has 35 heavy (non-hydrogen) atoms. The van der Waals surface area contributed by atoms with Crippen LogP contribution in [0, 0.1) is 0 Å². The summed E-state index contributed by atoms with van der Waals surface area (Å²) in [4.78, 5) is 0. The van der Waals surface area contributed by atoms with Crippen LogP contribution in [0.1, 0.15) is 51.7 Å².